The second-order valence-electron chi connectivity index (χ2n) is 5.32. The van der Waals surface area contributed by atoms with E-state index in [1.165, 1.54) is 17.5 Å². The first kappa shape index (κ1) is 16.2. The van der Waals surface area contributed by atoms with Crippen LogP contribution in [0.1, 0.15) is 43.4 Å². The predicted molar refractivity (Wildman–Crippen MR) is 92.4 cm³/mol. The number of rotatable bonds is 8. The summed E-state index contributed by atoms with van der Waals surface area (Å²) in [6.45, 7) is 3.25. The lowest BCUT2D eigenvalue weighted by molar-refractivity contribution is 0.483. The van der Waals surface area contributed by atoms with Crippen molar-refractivity contribution in [1.82, 2.24) is 10.3 Å². The van der Waals surface area contributed by atoms with Crippen molar-refractivity contribution in [1.29, 1.82) is 0 Å². The van der Waals surface area contributed by atoms with Crippen LogP contribution in [0.15, 0.2) is 53.3 Å². The third kappa shape index (κ3) is 5.60. The van der Waals surface area contributed by atoms with Crippen molar-refractivity contribution in [2.75, 3.05) is 6.54 Å². The van der Waals surface area contributed by atoms with E-state index in [4.69, 9.17) is 0 Å². The van der Waals surface area contributed by atoms with Crippen LogP contribution in [0.5, 0.6) is 0 Å². The summed E-state index contributed by atoms with van der Waals surface area (Å²) in [5.74, 6) is 0. The molecule has 0 aliphatic carbocycles. The van der Waals surface area contributed by atoms with Crippen molar-refractivity contribution in [3.05, 3.63) is 64.4 Å². The van der Waals surface area contributed by atoms with Gasteiger partial charge >= 0.3 is 0 Å². The highest BCUT2D eigenvalue weighted by Gasteiger charge is 2.11. The number of halogens is 1. The number of aryl methyl sites for hydroxylation is 1. The largest absolute Gasteiger partial charge is 0.310 e. The van der Waals surface area contributed by atoms with Gasteiger partial charge in [0.15, 0.2) is 0 Å². The molecule has 0 saturated carbocycles. The first-order valence-electron chi connectivity index (χ1n) is 7.67. The summed E-state index contributed by atoms with van der Waals surface area (Å²) >= 11 is 3.51. The van der Waals surface area contributed by atoms with Gasteiger partial charge in [0.05, 0.1) is 0 Å². The lowest BCUT2D eigenvalue weighted by atomic mass is 10.00. The summed E-state index contributed by atoms with van der Waals surface area (Å²) in [6.07, 6.45) is 8.40. The van der Waals surface area contributed by atoms with Crippen LogP contribution in [0.2, 0.25) is 0 Å². The van der Waals surface area contributed by atoms with Crippen molar-refractivity contribution in [3.63, 3.8) is 0 Å². The Kier molecular flexibility index (Phi) is 6.90. The third-order valence-corrected chi connectivity index (χ3v) is 4.00. The monoisotopic (exact) mass is 346 g/mol. The lowest BCUT2D eigenvalue weighted by Gasteiger charge is -2.19. The minimum Gasteiger partial charge on any atom is -0.310 e. The first-order chi connectivity index (χ1) is 10.3. The van der Waals surface area contributed by atoms with Crippen LogP contribution in [-0.4, -0.2) is 11.5 Å². The van der Waals surface area contributed by atoms with Crippen molar-refractivity contribution >= 4 is 15.9 Å². The molecule has 21 heavy (non-hydrogen) atoms. The Morgan fingerprint density at radius 2 is 2.00 bits per heavy atom. The molecule has 112 valence electrons. The maximum Gasteiger partial charge on any atom is 0.0410 e. The number of benzene rings is 1. The van der Waals surface area contributed by atoms with Gasteiger partial charge in [-0.3, -0.25) is 4.98 Å². The maximum absolute atomic E-state index is 4.29. The van der Waals surface area contributed by atoms with Crippen molar-refractivity contribution in [2.45, 2.75) is 38.6 Å². The summed E-state index contributed by atoms with van der Waals surface area (Å²) < 4.78 is 1.05. The van der Waals surface area contributed by atoms with Gasteiger partial charge in [0, 0.05) is 22.9 Å². The van der Waals surface area contributed by atoms with Gasteiger partial charge in [0.1, 0.15) is 0 Å². The first-order valence-corrected chi connectivity index (χ1v) is 8.46. The van der Waals surface area contributed by atoms with E-state index in [0.29, 0.717) is 6.04 Å². The van der Waals surface area contributed by atoms with Crippen LogP contribution in [0.25, 0.3) is 0 Å². The summed E-state index contributed by atoms with van der Waals surface area (Å²) in [5, 5.41) is 3.64. The molecular formula is C18H23BrN2. The van der Waals surface area contributed by atoms with Gasteiger partial charge < -0.3 is 5.32 Å². The smallest absolute Gasteiger partial charge is 0.0410 e. The van der Waals surface area contributed by atoms with Gasteiger partial charge in [-0.1, -0.05) is 37.3 Å². The molecule has 0 radical (unpaired) electrons. The molecule has 3 heteroatoms. The van der Waals surface area contributed by atoms with Crippen LogP contribution in [0.3, 0.4) is 0 Å². The molecule has 0 amide bonds. The van der Waals surface area contributed by atoms with Crippen LogP contribution in [-0.2, 0) is 6.42 Å². The number of hydrogen-bond donors (Lipinski definition) is 1. The molecule has 0 spiro atoms. The number of nitrogens with one attached hydrogen (secondary N) is 1. The van der Waals surface area contributed by atoms with Gasteiger partial charge in [-0.25, -0.2) is 0 Å². The molecule has 0 fully saturated rings. The van der Waals surface area contributed by atoms with E-state index < -0.39 is 0 Å². The van der Waals surface area contributed by atoms with E-state index in [1.807, 2.05) is 12.4 Å². The van der Waals surface area contributed by atoms with Crippen LogP contribution in [0, 0.1) is 0 Å². The Bertz CT molecular complexity index is 528. The normalized spacial score (nSPS) is 12.3. The van der Waals surface area contributed by atoms with E-state index >= 15 is 0 Å². The number of nitrogens with zero attached hydrogens (tertiary/aromatic N) is 1. The quantitative estimate of drug-likeness (QED) is 0.734. The molecule has 0 aliphatic heterocycles. The second-order valence-corrected chi connectivity index (χ2v) is 6.24. The van der Waals surface area contributed by atoms with E-state index in [-0.39, 0.29) is 0 Å². The molecule has 2 aromatic rings. The molecule has 0 aliphatic rings. The highest BCUT2D eigenvalue weighted by atomic mass is 79.9. The highest BCUT2D eigenvalue weighted by molar-refractivity contribution is 9.10. The Morgan fingerprint density at radius 1 is 1.19 bits per heavy atom. The summed E-state index contributed by atoms with van der Waals surface area (Å²) in [5.41, 5.74) is 2.69. The highest BCUT2D eigenvalue weighted by Crippen LogP contribution is 2.22. The third-order valence-electron chi connectivity index (χ3n) is 3.57. The minimum absolute atomic E-state index is 0.388. The van der Waals surface area contributed by atoms with E-state index in [0.717, 1.165) is 30.3 Å². The molecular weight excluding hydrogens is 324 g/mol. The molecule has 1 aromatic heterocycles. The van der Waals surface area contributed by atoms with Crippen LogP contribution in [0.4, 0.5) is 0 Å². The van der Waals surface area contributed by atoms with Gasteiger partial charge in [-0.15, -0.1) is 0 Å². The Morgan fingerprint density at radius 3 is 2.71 bits per heavy atom. The average molecular weight is 347 g/mol. The molecule has 1 N–H and O–H groups in total. The minimum atomic E-state index is 0.388. The van der Waals surface area contributed by atoms with E-state index in [9.17, 15) is 0 Å². The molecule has 0 bridgehead atoms. The SMILES string of the molecule is CCCNC(CCCc1ccccc1)c1cncc(Br)c1. The Balaban J connectivity index is 1.93. The predicted octanol–water partition coefficient (Wildman–Crippen LogP) is 4.91. The summed E-state index contributed by atoms with van der Waals surface area (Å²) in [4.78, 5) is 4.29. The number of hydrogen-bond acceptors (Lipinski definition) is 2. The van der Waals surface area contributed by atoms with Crippen molar-refractivity contribution in [3.8, 4) is 0 Å². The molecule has 2 nitrogen and oxygen atoms in total. The number of pyridine rings is 1. The van der Waals surface area contributed by atoms with E-state index in [2.05, 4.69) is 69.6 Å². The van der Waals surface area contributed by atoms with Gasteiger partial charge in [-0.2, -0.15) is 0 Å². The number of aromatic nitrogens is 1. The van der Waals surface area contributed by atoms with Gasteiger partial charge in [-0.05, 0) is 65.4 Å². The molecule has 1 aromatic carbocycles. The molecule has 0 saturated heterocycles. The molecule has 2 rings (SSSR count). The maximum atomic E-state index is 4.29. The second kappa shape index (κ2) is 8.96. The van der Waals surface area contributed by atoms with Crippen molar-refractivity contribution < 1.29 is 0 Å². The standard InChI is InChI=1S/C18H23BrN2/c1-2-11-21-18(16-12-17(19)14-20-13-16)10-6-9-15-7-4-3-5-8-15/h3-5,7-8,12-14,18,21H,2,6,9-11H2,1H3. The average Bonchev–Trinajstić information content (AvgIpc) is 2.51. The van der Waals surface area contributed by atoms with Crippen LogP contribution < -0.4 is 5.32 Å². The van der Waals surface area contributed by atoms with Crippen LogP contribution >= 0.6 is 15.9 Å². The topological polar surface area (TPSA) is 24.9 Å². The zero-order chi connectivity index (χ0) is 14.9. The Labute approximate surface area is 136 Å². The fourth-order valence-electron chi connectivity index (χ4n) is 2.48. The Hall–Kier alpha value is -1.19. The van der Waals surface area contributed by atoms with Gasteiger partial charge in [0.2, 0.25) is 0 Å². The molecule has 1 heterocycles. The van der Waals surface area contributed by atoms with Gasteiger partial charge in [0.25, 0.3) is 0 Å². The van der Waals surface area contributed by atoms with E-state index in [1.54, 1.807) is 0 Å². The fourth-order valence-corrected chi connectivity index (χ4v) is 2.86. The summed E-state index contributed by atoms with van der Waals surface area (Å²) in [6, 6.07) is 13.3. The zero-order valence-electron chi connectivity index (χ0n) is 12.6. The zero-order valence-corrected chi connectivity index (χ0v) is 14.1. The fraction of sp³-hybridized carbons (Fsp3) is 0.389. The lowest BCUT2D eigenvalue weighted by Crippen LogP contribution is -2.22. The molecule has 1 atom stereocenters. The van der Waals surface area contributed by atoms with Crippen molar-refractivity contribution in [2.24, 2.45) is 0 Å². The summed E-state index contributed by atoms with van der Waals surface area (Å²) in [7, 11) is 0. The molecule has 1 unspecified atom stereocenters.